The second-order valence-corrected chi connectivity index (χ2v) is 6.87. The van der Waals surface area contributed by atoms with E-state index in [1.165, 1.54) is 23.9 Å². The van der Waals surface area contributed by atoms with E-state index in [9.17, 15) is 14.9 Å². The second kappa shape index (κ2) is 9.80. The maximum absolute atomic E-state index is 12.3. The Morgan fingerprint density at radius 1 is 1.17 bits per heavy atom. The molecule has 150 valence electrons. The first kappa shape index (κ1) is 20.5. The number of hydrogen-bond acceptors (Lipinski definition) is 7. The molecule has 0 aliphatic rings. The Labute approximate surface area is 171 Å². The predicted molar refractivity (Wildman–Crippen MR) is 110 cm³/mol. The van der Waals surface area contributed by atoms with E-state index in [1.54, 1.807) is 19.2 Å². The van der Waals surface area contributed by atoms with Crippen LogP contribution in [0.4, 0.5) is 11.4 Å². The van der Waals surface area contributed by atoms with Gasteiger partial charge in [0.2, 0.25) is 5.91 Å². The van der Waals surface area contributed by atoms with E-state index < -0.39 is 4.92 Å². The van der Waals surface area contributed by atoms with Gasteiger partial charge in [0.25, 0.3) is 5.69 Å². The molecule has 0 bridgehead atoms. The minimum atomic E-state index is -0.531. The molecule has 9 nitrogen and oxygen atoms in total. The molecule has 0 fully saturated rings. The summed E-state index contributed by atoms with van der Waals surface area (Å²) in [5, 5.41) is 22.7. The zero-order valence-corrected chi connectivity index (χ0v) is 16.5. The molecule has 1 aromatic heterocycles. The molecule has 0 radical (unpaired) electrons. The summed E-state index contributed by atoms with van der Waals surface area (Å²) in [7, 11) is 1.61. The number of aromatic nitrogens is 3. The van der Waals surface area contributed by atoms with E-state index in [2.05, 4.69) is 15.5 Å². The molecule has 2 aromatic carbocycles. The molecule has 1 heterocycles. The highest BCUT2D eigenvalue weighted by Crippen LogP contribution is 2.26. The van der Waals surface area contributed by atoms with Crippen LogP contribution in [0.2, 0.25) is 0 Å². The molecule has 0 spiro atoms. The molecule has 0 aliphatic heterocycles. The van der Waals surface area contributed by atoms with E-state index in [-0.39, 0.29) is 23.0 Å². The van der Waals surface area contributed by atoms with Gasteiger partial charge in [-0.25, -0.2) is 0 Å². The number of anilines is 1. The number of rotatable bonds is 9. The van der Waals surface area contributed by atoms with Gasteiger partial charge >= 0.3 is 0 Å². The van der Waals surface area contributed by atoms with Crippen LogP contribution >= 0.6 is 11.8 Å². The number of para-hydroxylation sites is 2. The fourth-order valence-electron chi connectivity index (χ4n) is 2.64. The molecule has 0 saturated carbocycles. The SMILES string of the molecule is COCCn1c(SCC(=O)Nc2ccccc2[N+](=O)[O-])nnc1-c1ccccc1. The summed E-state index contributed by atoms with van der Waals surface area (Å²) in [6.07, 6.45) is 0. The fourth-order valence-corrected chi connectivity index (χ4v) is 3.40. The van der Waals surface area contributed by atoms with E-state index in [0.717, 1.165) is 5.56 Å². The Kier molecular flexibility index (Phi) is 6.93. The number of benzene rings is 2. The second-order valence-electron chi connectivity index (χ2n) is 5.93. The average Bonchev–Trinajstić information content (AvgIpc) is 3.14. The molecule has 29 heavy (non-hydrogen) atoms. The van der Waals surface area contributed by atoms with Crippen molar-refractivity contribution >= 4 is 29.0 Å². The molecule has 1 N–H and O–H groups in total. The third-order valence-electron chi connectivity index (χ3n) is 3.98. The number of ether oxygens (including phenoxy) is 1. The van der Waals surface area contributed by atoms with Gasteiger partial charge in [-0.15, -0.1) is 10.2 Å². The normalized spacial score (nSPS) is 10.7. The lowest BCUT2D eigenvalue weighted by atomic mass is 10.2. The standard InChI is InChI=1S/C19H19N5O4S/c1-28-12-11-23-18(14-7-3-2-4-8-14)21-22-19(23)29-13-17(25)20-15-9-5-6-10-16(15)24(26)27/h2-10H,11-13H2,1H3,(H,20,25). The van der Waals surface area contributed by atoms with Gasteiger partial charge in [0.05, 0.1) is 23.8 Å². The summed E-state index contributed by atoms with van der Waals surface area (Å²) in [5.41, 5.74) is 0.918. The van der Waals surface area contributed by atoms with Crippen molar-refractivity contribution in [3.8, 4) is 11.4 Å². The van der Waals surface area contributed by atoms with Crippen LogP contribution in [0.1, 0.15) is 0 Å². The fraction of sp³-hybridized carbons (Fsp3) is 0.211. The smallest absolute Gasteiger partial charge is 0.292 e. The van der Waals surface area contributed by atoms with Crippen LogP contribution in [0.5, 0.6) is 0 Å². The van der Waals surface area contributed by atoms with E-state index in [1.807, 2.05) is 34.9 Å². The van der Waals surface area contributed by atoms with Crippen molar-refractivity contribution in [2.75, 3.05) is 24.8 Å². The minimum Gasteiger partial charge on any atom is -0.383 e. The summed E-state index contributed by atoms with van der Waals surface area (Å²) in [6.45, 7) is 0.996. The molecule has 0 saturated heterocycles. The highest BCUT2D eigenvalue weighted by atomic mass is 32.2. The van der Waals surface area contributed by atoms with Crippen molar-refractivity contribution < 1.29 is 14.5 Å². The number of carbonyl (C=O) groups excluding carboxylic acids is 1. The number of nitro benzene ring substituents is 1. The lowest BCUT2D eigenvalue weighted by Crippen LogP contribution is -2.16. The summed E-state index contributed by atoms with van der Waals surface area (Å²) in [5.74, 6) is 0.350. The maximum atomic E-state index is 12.3. The summed E-state index contributed by atoms with van der Waals surface area (Å²) in [4.78, 5) is 22.9. The van der Waals surface area contributed by atoms with Crippen molar-refractivity contribution in [2.45, 2.75) is 11.7 Å². The highest BCUT2D eigenvalue weighted by molar-refractivity contribution is 7.99. The molecule has 0 atom stereocenters. The van der Waals surface area contributed by atoms with Crippen LogP contribution < -0.4 is 5.32 Å². The summed E-state index contributed by atoms with van der Waals surface area (Å²) < 4.78 is 7.06. The largest absolute Gasteiger partial charge is 0.383 e. The zero-order valence-electron chi connectivity index (χ0n) is 15.6. The predicted octanol–water partition coefficient (Wildman–Crippen LogP) is 3.23. The Balaban J connectivity index is 1.72. The van der Waals surface area contributed by atoms with Gasteiger partial charge in [0, 0.05) is 18.7 Å². The van der Waals surface area contributed by atoms with Crippen LogP contribution in [-0.2, 0) is 16.1 Å². The summed E-state index contributed by atoms with van der Waals surface area (Å²) >= 11 is 1.21. The van der Waals surface area contributed by atoms with E-state index >= 15 is 0 Å². The van der Waals surface area contributed by atoms with Crippen LogP contribution in [-0.4, -0.2) is 45.1 Å². The summed E-state index contributed by atoms with van der Waals surface area (Å²) in [6, 6.07) is 15.6. The average molecular weight is 413 g/mol. The quantitative estimate of drug-likeness (QED) is 0.325. The molecule has 1 amide bonds. The number of nitrogens with zero attached hydrogens (tertiary/aromatic N) is 4. The van der Waals surface area contributed by atoms with Gasteiger partial charge < -0.3 is 10.1 Å². The van der Waals surface area contributed by atoms with Crippen LogP contribution in [0.25, 0.3) is 11.4 Å². The Morgan fingerprint density at radius 2 is 1.90 bits per heavy atom. The molecule has 0 unspecified atom stereocenters. The van der Waals surface area contributed by atoms with Gasteiger partial charge in [-0.05, 0) is 6.07 Å². The third kappa shape index (κ3) is 5.18. The number of nitro groups is 1. The number of hydrogen-bond donors (Lipinski definition) is 1. The Morgan fingerprint density at radius 3 is 2.62 bits per heavy atom. The topological polar surface area (TPSA) is 112 Å². The third-order valence-corrected chi connectivity index (χ3v) is 4.94. The van der Waals surface area contributed by atoms with Gasteiger partial charge in [-0.3, -0.25) is 19.5 Å². The molecule has 3 aromatic rings. The van der Waals surface area contributed by atoms with Crippen molar-refractivity contribution in [3.05, 3.63) is 64.7 Å². The number of carbonyl (C=O) groups is 1. The first-order valence-corrected chi connectivity index (χ1v) is 9.72. The number of nitrogens with one attached hydrogen (secondary N) is 1. The first-order valence-electron chi connectivity index (χ1n) is 8.73. The maximum Gasteiger partial charge on any atom is 0.292 e. The van der Waals surface area contributed by atoms with Crippen LogP contribution in [0, 0.1) is 10.1 Å². The molecular weight excluding hydrogens is 394 g/mol. The van der Waals surface area contributed by atoms with Crippen molar-refractivity contribution in [2.24, 2.45) is 0 Å². The van der Waals surface area contributed by atoms with Crippen molar-refractivity contribution in [1.82, 2.24) is 14.8 Å². The first-order chi connectivity index (χ1) is 14.1. The monoisotopic (exact) mass is 413 g/mol. The number of methoxy groups -OCH3 is 1. The van der Waals surface area contributed by atoms with Gasteiger partial charge in [0.1, 0.15) is 5.69 Å². The van der Waals surface area contributed by atoms with Gasteiger partial charge in [-0.1, -0.05) is 54.2 Å². The Hall–Kier alpha value is -3.24. The minimum absolute atomic E-state index is 0.0337. The molecule has 3 rings (SSSR count). The zero-order chi connectivity index (χ0) is 20.6. The van der Waals surface area contributed by atoms with E-state index in [0.29, 0.717) is 24.1 Å². The van der Waals surface area contributed by atoms with E-state index in [4.69, 9.17) is 4.74 Å². The van der Waals surface area contributed by atoms with Crippen molar-refractivity contribution in [1.29, 1.82) is 0 Å². The van der Waals surface area contributed by atoms with Crippen LogP contribution in [0.15, 0.2) is 59.8 Å². The highest BCUT2D eigenvalue weighted by Gasteiger charge is 2.18. The molecule has 0 aliphatic carbocycles. The Bertz CT molecular complexity index is 993. The lowest BCUT2D eigenvalue weighted by Gasteiger charge is -2.10. The number of amides is 1. The van der Waals surface area contributed by atoms with Crippen LogP contribution in [0.3, 0.4) is 0 Å². The lowest BCUT2D eigenvalue weighted by molar-refractivity contribution is -0.383. The molecular formula is C19H19N5O4S. The number of thioether (sulfide) groups is 1. The molecule has 10 heteroatoms. The van der Waals surface area contributed by atoms with Crippen molar-refractivity contribution in [3.63, 3.8) is 0 Å². The van der Waals surface area contributed by atoms with Gasteiger partial charge in [-0.2, -0.15) is 0 Å². The van der Waals surface area contributed by atoms with Gasteiger partial charge in [0.15, 0.2) is 11.0 Å².